The molecule has 0 aromatic carbocycles. The molecule has 1 unspecified atom stereocenters. The van der Waals surface area contributed by atoms with Crippen molar-refractivity contribution in [3.05, 3.63) is 12.7 Å². The van der Waals surface area contributed by atoms with Crippen LogP contribution in [0, 0.1) is 0 Å². The standard InChI is InChI=1S/C7H12O3.C4H8.C2H6/c1-4-7(8)10-6(3)9-5-2;1-2-4-3-1;1-2/h4,6H,1,5H2,2-3H3;1-4H2;1-2H3. The second kappa shape index (κ2) is 14.2. The highest BCUT2D eigenvalue weighted by Gasteiger charge is 2.03. The Labute approximate surface area is 99.8 Å². The Morgan fingerprint density at radius 2 is 1.75 bits per heavy atom. The fraction of sp³-hybridized carbons (Fsp3) is 0.769. The van der Waals surface area contributed by atoms with Crippen LogP contribution in [-0.4, -0.2) is 18.9 Å². The molecule has 0 aromatic heterocycles. The molecule has 0 aromatic rings. The van der Waals surface area contributed by atoms with Gasteiger partial charge in [-0.2, -0.15) is 0 Å². The Morgan fingerprint density at radius 3 is 2.00 bits per heavy atom. The second-order valence-corrected chi connectivity index (χ2v) is 3.08. The van der Waals surface area contributed by atoms with E-state index in [0.29, 0.717) is 6.61 Å². The smallest absolute Gasteiger partial charge is 0.332 e. The molecule has 96 valence electrons. The Hall–Kier alpha value is -0.830. The van der Waals surface area contributed by atoms with Crippen LogP contribution in [0.15, 0.2) is 12.7 Å². The van der Waals surface area contributed by atoms with Gasteiger partial charge in [-0.05, 0) is 13.8 Å². The second-order valence-electron chi connectivity index (χ2n) is 3.08. The van der Waals surface area contributed by atoms with Gasteiger partial charge in [0.25, 0.3) is 0 Å². The minimum absolute atomic E-state index is 0.457. The first-order chi connectivity index (χ1) is 7.70. The Morgan fingerprint density at radius 1 is 1.31 bits per heavy atom. The molecule has 1 aliphatic rings. The summed E-state index contributed by atoms with van der Waals surface area (Å²) in [6.07, 6.45) is 6.63. The summed E-state index contributed by atoms with van der Waals surface area (Å²) in [5.41, 5.74) is 0. The van der Waals surface area contributed by atoms with Gasteiger partial charge in [0.1, 0.15) is 0 Å². The van der Waals surface area contributed by atoms with E-state index in [1.54, 1.807) is 6.92 Å². The van der Waals surface area contributed by atoms with Gasteiger partial charge in [0.2, 0.25) is 0 Å². The molecule has 1 rings (SSSR count). The van der Waals surface area contributed by atoms with Gasteiger partial charge >= 0.3 is 5.97 Å². The lowest BCUT2D eigenvalue weighted by molar-refractivity contribution is -0.167. The van der Waals surface area contributed by atoms with Gasteiger partial charge in [-0.1, -0.05) is 46.1 Å². The lowest BCUT2D eigenvalue weighted by Gasteiger charge is -2.10. The molecule has 16 heavy (non-hydrogen) atoms. The van der Waals surface area contributed by atoms with Crippen LogP contribution in [0.4, 0.5) is 0 Å². The normalized spacial score (nSPS) is 14.0. The average Bonchev–Trinajstić information content (AvgIpc) is 2.18. The molecular formula is C13H26O3. The third kappa shape index (κ3) is 13.2. The van der Waals surface area contributed by atoms with Gasteiger partial charge in [0.05, 0.1) is 0 Å². The SMILES string of the molecule is C1CCC1.C=CC(=O)OC(C)OCC.CC. The molecule has 1 saturated carbocycles. The molecule has 0 bridgehead atoms. The molecule has 0 amide bonds. The van der Waals surface area contributed by atoms with E-state index in [-0.39, 0.29) is 0 Å². The van der Waals surface area contributed by atoms with Gasteiger partial charge < -0.3 is 9.47 Å². The fourth-order valence-corrected chi connectivity index (χ4v) is 0.730. The van der Waals surface area contributed by atoms with E-state index < -0.39 is 12.3 Å². The molecule has 3 nitrogen and oxygen atoms in total. The molecule has 1 fully saturated rings. The van der Waals surface area contributed by atoms with Gasteiger partial charge in [-0.15, -0.1) is 0 Å². The number of carbonyl (C=O) groups excluding carboxylic acids is 1. The van der Waals surface area contributed by atoms with E-state index in [9.17, 15) is 4.79 Å². The highest BCUT2D eigenvalue weighted by molar-refractivity contribution is 5.81. The third-order valence-corrected chi connectivity index (χ3v) is 1.85. The van der Waals surface area contributed by atoms with Crippen molar-refractivity contribution in [2.45, 2.75) is 59.7 Å². The quantitative estimate of drug-likeness (QED) is 0.420. The summed E-state index contributed by atoms with van der Waals surface area (Å²) in [4.78, 5) is 10.5. The van der Waals surface area contributed by atoms with E-state index in [4.69, 9.17) is 4.74 Å². The van der Waals surface area contributed by atoms with Crippen molar-refractivity contribution in [3.8, 4) is 0 Å². The summed E-state index contributed by atoms with van der Waals surface area (Å²) in [5.74, 6) is -0.457. The maximum absolute atomic E-state index is 10.5. The topological polar surface area (TPSA) is 35.5 Å². The average molecular weight is 230 g/mol. The van der Waals surface area contributed by atoms with E-state index in [1.165, 1.54) is 25.7 Å². The molecule has 1 aliphatic carbocycles. The Kier molecular flexibility index (Phi) is 15.6. The lowest BCUT2D eigenvalue weighted by atomic mass is 10.0. The van der Waals surface area contributed by atoms with Crippen molar-refractivity contribution in [1.82, 2.24) is 0 Å². The molecule has 0 radical (unpaired) electrons. The minimum Gasteiger partial charge on any atom is -0.433 e. The lowest BCUT2D eigenvalue weighted by Crippen LogP contribution is -2.16. The predicted molar refractivity (Wildman–Crippen MR) is 67.2 cm³/mol. The van der Waals surface area contributed by atoms with Crippen LogP contribution in [0.25, 0.3) is 0 Å². The number of hydrogen-bond donors (Lipinski definition) is 0. The van der Waals surface area contributed by atoms with Crippen LogP contribution in [0.3, 0.4) is 0 Å². The molecule has 3 heteroatoms. The first kappa shape index (κ1) is 17.6. The maximum Gasteiger partial charge on any atom is 0.332 e. The Bertz CT molecular complexity index is 159. The summed E-state index contributed by atoms with van der Waals surface area (Å²) in [7, 11) is 0. The van der Waals surface area contributed by atoms with Crippen molar-refractivity contribution >= 4 is 5.97 Å². The van der Waals surface area contributed by atoms with Crippen molar-refractivity contribution in [2.24, 2.45) is 0 Å². The fourth-order valence-electron chi connectivity index (χ4n) is 0.730. The van der Waals surface area contributed by atoms with Crippen molar-refractivity contribution in [3.63, 3.8) is 0 Å². The zero-order chi connectivity index (χ0) is 12.8. The van der Waals surface area contributed by atoms with Crippen LogP contribution in [-0.2, 0) is 14.3 Å². The zero-order valence-electron chi connectivity index (χ0n) is 11.1. The van der Waals surface area contributed by atoms with Gasteiger partial charge in [0.15, 0.2) is 6.29 Å². The number of rotatable bonds is 4. The van der Waals surface area contributed by atoms with Crippen LogP contribution in [0.1, 0.15) is 53.4 Å². The Balaban J connectivity index is 0. The first-order valence-corrected chi connectivity index (χ1v) is 6.15. The maximum atomic E-state index is 10.5. The van der Waals surface area contributed by atoms with Crippen molar-refractivity contribution < 1.29 is 14.3 Å². The molecular weight excluding hydrogens is 204 g/mol. The number of carbonyl (C=O) groups is 1. The number of hydrogen-bond acceptors (Lipinski definition) is 3. The molecule has 1 atom stereocenters. The summed E-state index contributed by atoms with van der Waals surface area (Å²) in [6.45, 7) is 11.3. The summed E-state index contributed by atoms with van der Waals surface area (Å²) in [6, 6.07) is 0. The van der Waals surface area contributed by atoms with E-state index in [0.717, 1.165) is 6.08 Å². The van der Waals surface area contributed by atoms with Crippen molar-refractivity contribution in [2.75, 3.05) is 6.61 Å². The third-order valence-electron chi connectivity index (χ3n) is 1.85. The van der Waals surface area contributed by atoms with Crippen molar-refractivity contribution in [1.29, 1.82) is 0 Å². The van der Waals surface area contributed by atoms with Gasteiger partial charge in [-0.25, -0.2) is 4.79 Å². The molecule has 0 N–H and O–H groups in total. The first-order valence-electron chi connectivity index (χ1n) is 6.15. The van der Waals surface area contributed by atoms with Crippen LogP contribution < -0.4 is 0 Å². The van der Waals surface area contributed by atoms with Gasteiger partial charge in [0, 0.05) is 12.7 Å². The summed E-state index contributed by atoms with van der Waals surface area (Å²) >= 11 is 0. The zero-order valence-corrected chi connectivity index (χ0v) is 11.1. The summed E-state index contributed by atoms with van der Waals surface area (Å²) < 4.78 is 9.58. The highest BCUT2D eigenvalue weighted by Crippen LogP contribution is 2.15. The van der Waals surface area contributed by atoms with E-state index in [1.807, 2.05) is 20.8 Å². The predicted octanol–water partition coefficient (Wildman–Crippen LogP) is 3.68. The molecule has 0 heterocycles. The number of ether oxygens (including phenoxy) is 2. The highest BCUT2D eigenvalue weighted by atomic mass is 16.7. The molecule has 0 spiro atoms. The van der Waals surface area contributed by atoms with E-state index >= 15 is 0 Å². The van der Waals surface area contributed by atoms with E-state index in [2.05, 4.69) is 11.3 Å². The monoisotopic (exact) mass is 230 g/mol. The summed E-state index contributed by atoms with van der Waals surface area (Å²) in [5, 5.41) is 0. The van der Waals surface area contributed by atoms with Crippen LogP contribution in [0.2, 0.25) is 0 Å². The van der Waals surface area contributed by atoms with Crippen LogP contribution in [0.5, 0.6) is 0 Å². The molecule has 0 aliphatic heterocycles. The van der Waals surface area contributed by atoms with Gasteiger partial charge in [-0.3, -0.25) is 0 Å². The minimum atomic E-state index is -0.476. The largest absolute Gasteiger partial charge is 0.433 e. The van der Waals surface area contributed by atoms with Crippen LogP contribution >= 0.6 is 0 Å². The number of esters is 1. The molecule has 0 saturated heterocycles.